The predicted molar refractivity (Wildman–Crippen MR) is 105 cm³/mol. The number of anilines is 1. The summed E-state index contributed by atoms with van der Waals surface area (Å²) in [7, 11) is 6.09. The Labute approximate surface area is 160 Å². The van der Waals surface area contributed by atoms with Gasteiger partial charge in [-0.15, -0.1) is 0 Å². The maximum Gasteiger partial charge on any atom is 0.203 e. The first-order valence-electron chi connectivity index (χ1n) is 7.61. The van der Waals surface area contributed by atoms with E-state index in [1.54, 1.807) is 43.5 Å². The van der Waals surface area contributed by atoms with Crippen LogP contribution in [-0.4, -0.2) is 34.2 Å². The molecule has 2 aromatic carbocycles. The van der Waals surface area contributed by atoms with Gasteiger partial charge in [0.15, 0.2) is 17.3 Å². The molecule has 0 aromatic heterocycles. The number of ketones is 1. The zero-order chi connectivity index (χ0) is 19.3. The van der Waals surface area contributed by atoms with Crippen LogP contribution in [0.4, 0.5) is 5.69 Å². The van der Waals surface area contributed by atoms with E-state index < -0.39 is 0 Å². The number of hydrogen-bond acceptors (Lipinski definition) is 6. The number of carbonyl (C=O) groups excluding carboxylic acids is 1. The van der Waals surface area contributed by atoms with E-state index in [0.29, 0.717) is 44.3 Å². The number of rotatable bonds is 7. The number of benzene rings is 2. The van der Waals surface area contributed by atoms with E-state index >= 15 is 0 Å². The van der Waals surface area contributed by atoms with Gasteiger partial charge in [-0.1, -0.05) is 0 Å². The first-order valence-corrected chi connectivity index (χ1v) is 8.40. The first-order chi connectivity index (χ1) is 12.5. The van der Waals surface area contributed by atoms with Crippen molar-refractivity contribution in [1.29, 1.82) is 0 Å². The predicted octanol–water partition coefficient (Wildman–Crippen LogP) is 3.92. The molecule has 2 N–H and O–H groups in total. The number of hydrogen-bond donors (Lipinski definition) is 1. The van der Waals surface area contributed by atoms with E-state index in [4.69, 9.17) is 24.7 Å². The molecule has 6 nitrogen and oxygen atoms in total. The van der Waals surface area contributed by atoms with Gasteiger partial charge in [0.2, 0.25) is 5.75 Å². The van der Waals surface area contributed by atoms with Gasteiger partial charge in [-0.2, -0.15) is 0 Å². The van der Waals surface area contributed by atoms with Gasteiger partial charge >= 0.3 is 0 Å². The third-order valence-electron chi connectivity index (χ3n) is 3.73. The number of halogens is 1. The minimum Gasteiger partial charge on any atom is -0.495 e. The topological polar surface area (TPSA) is 80.0 Å². The minimum absolute atomic E-state index is 0.222. The van der Waals surface area contributed by atoms with Crippen molar-refractivity contribution < 1.29 is 23.7 Å². The Balaban J connectivity index is 2.44. The third kappa shape index (κ3) is 3.94. The molecule has 0 amide bonds. The third-order valence-corrected chi connectivity index (χ3v) is 4.32. The summed E-state index contributed by atoms with van der Waals surface area (Å²) >= 11 is 3.34. The summed E-state index contributed by atoms with van der Waals surface area (Å²) in [6, 6.07) is 8.38. The average molecular weight is 422 g/mol. The summed E-state index contributed by atoms with van der Waals surface area (Å²) in [5.41, 5.74) is 7.36. The normalized spacial score (nSPS) is 11.0. The van der Waals surface area contributed by atoms with Gasteiger partial charge in [0.05, 0.1) is 38.6 Å². The summed E-state index contributed by atoms with van der Waals surface area (Å²) in [4.78, 5) is 12.7. The molecule has 0 spiro atoms. The summed E-state index contributed by atoms with van der Waals surface area (Å²) < 4.78 is 21.6. The second kappa shape index (κ2) is 8.62. The Kier molecular flexibility index (Phi) is 6.52. The van der Waals surface area contributed by atoms with Gasteiger partial charge in [-0.25, -0.2) is 0 Å². The molecule has 0 fully saturated rings. The van der Waals surface area contributed by atoms with Gasteiger partial charge < -0.3 is 24.7 Å². The zero-order valence-electron chi connectivity index (χ0n) is 15.0. The van der Waals surface area contributed by atoms with Crippen LogP contribution in [0.15, 0.2) is 34.8 Å². The van der Waals surface area contributed by atoms with Crippen LogP contribution in [0, 0.1) is 0 Å². The quantitative estimate of drug-likeness (QED) is 0.414. The zero-order valence-corrected chi connectivity index (χ0v) is 16.5. The minimum atomic E-state index is -0.222. The molecule has 2 rings (SSSR count). The molecule has 0 heterocycles. The van der Waals surface area contributed by atoms with Crippen LogP contribution in [0.25, 0.3) is 6.08 Å². The van der Waals surface area contributed by atoms with E-state index in [1.165, 1.54) is 21.3 Å². The van der Waals surface area contributed by atoms with Crippen LogP contribution in [0.1, 0.15) is 15.9 Å². The fourth-order valence-corrected chi connectivity index (χ4v) is 2.91. The van der Waals surface area contributed by atoms with Gasteiger partial charge in [0, 0.05) is 11.1 Å². The van der Waals surface area contributed by atoms with Crippen molar-refractivity contribution in [2.24, 2.45) is 0 Å². The lowest BCUT2D eigenvalue weighted by atomic mass is 10.1. The van der Waals surface area contributed by atoms with Gasteiger partial charge in [-0.3, -0.25) is 4.79 Å². The largest absolute Gasteiger partial charge is 0.495 e. The lowest BCUT2D eigenvalue weighted by Gasteiger charge is -2.14. The van der Waals surface area contributed by atoms with Crippen molar-refractivity contribution in [2.75, 3.05) is 34.2 Å². The van der Waals surface area contributed by atoms with Crippen LogP contribution in [0.3, 0.4) is 0 Å². The van der Waals surface area contributed by atoms with E-state index in [1.807, 2.05) is 0 Å². The molecule has 0 aliphatic heterocycles. The number of ether oxygens (including phenoxy) is 4. The van der Waals surface area contributed by atoms with Crippen LogP contribution in [-0.2, 0) is 0 Å². The molecule has 0 aliphatic carbocycles. The second-order valence-electron chi connectivity index (χ2n) is 5.20. The molecule has 0 aliphatic rings. The molecule has 0 saturated heterocycles. The highest BCUT2D eigenvalue weighted by Crippen LogP contribution is 2.41. The monoisotopic (exact) mass is 421 g/mol. The lowest BCUT2D eigenvalue weighted by Crippen LogP contribution is -2.02. The first kappa shape index (κ1) is 19.7. The Hall–Kier alpha value is -2.67. The fraction of sp³-hybridized carbons (Fsp3) is 0.211. The Morgan fingerprint density at radius 2 is 1.58 bits per heavy atom. The average Bonchev–Trinajstić information content (AvgIpc) is 2.67. The van der Waals surface area contributed by atoms with Crippen LogP contribution in [0.2, 0.25) is 0 Å². The van der Waals surface area contributed by atoms with E-state index in [9.17, 15) is 4.79 Å². The highest BCUT2D eigenvalue weighted by Gasteiger charge is 2.17. The van der Waals surface area contributed by atoms with Crippen molar-refractivity contribution >= 4 is 33.5 Å². The number of carbonyl (C=O) groups is 1. The smallest absolute Gasteiger partial charge is 0.203 e. The standard InChI is InChI=1S/C19H20BrNO5/c1-23-15-8-6-12(18(25-3)19(15)26-4)9-13(20)17(22)11-5-7-14(21)16(10-11)24-2/h5-10H,21H2,1-4H3/b13-9+. The number of Topliss-reactive ketones (excluding diaryl/α,β-unsaturated/α-hetero) is 1. The summed E-state index contributed by atoms with van der Waals surface area (Å²) in [5.74, 6) is 1.67. The number of nitrogen functional groups attached to an aromatic ring is 1. The molecular weight excluding hydrogens is 402 g/mol. The molecule has 0 atom stereocenters. The molecule has 0 unspecified atom stereocenters. The van der Waals surface area contributed by atoms with Gasteiger partial charge in [-0.05, 0) is 52.3 Å². The summed E-state index contributed by atoms with van der Waals surface area (Å²) in [6.07, 6.45) is 1.66. The molecule has 0 bridgehead atoms. The maximum absolute atomic E-state index is 12.7. The molecule has 138 valence electrons. The fourth-order valence-electron chi connectivity index (χ4n) is 2.43. The molecule has 26 heavy (non-hydrogen) atoms. The number of allylic oxidation sites excluding steroid dienone is 1. The van der Waals surface area contributed by atoms with Crippen LogP contribution >= 0.6 is 15.9 Å². The maximum atomic E-state index is 12.7. The number of nitrogens with two attached hydrogens (primary N) is 1. The second-order valence-corrected chi connectivity index (χ2v) is 6.06. The van der Waals surface area contributed by atoms with E-state index in [0.717, 1.165) is 0 Å². The van der Waals surface area contributed by atoms with Crippen molar-refractivity contribution in [3.8, 4) is 23.0 Å². The lowest BCUT2D eigenvalue weighted by molar-refractivity contribution is 0.104. The number of methoxy groups -OCH3 is 4. The van der Waals surface area contributed by atoms with Crippen molar-refractivity contribution in [1.82, 2.24) is 0 Å². The Bertz CT molecular complexity index is 848. The van der Waals surface area contributed by atoms with Crippen LogP contribution < -0.4 is 24.7 Å². The van der Waals surface area contributed by atoms with Crippen molar-refractivity contribution in [3.63, 3.8) is 0 Å². The Morgan fingerprint density at radius 3 is 2.15 bits per heavy atom. The highest BCUT2D eigenvalue weighted by atomic mass is 79.9. The van der Waals surface area contributed by atoms with Gasteiger partial charge in [0.1, 0.15) is 5.75 Å². The summed E-state index contributed by atoms with van der Waals surface area (Å²) in [6.45, 7) is 0. The molecule has 0 saturated carbocycles. The van der Waals surface area contributed by atoms with Crippen molar-refractivity contribution in [3.05, 3.63) is 45.9 Å². The van der Waals surface area contributed by atoms with Crippen molar-refractivity contribution in [2.45, 2.75) is 0 Å². The molecular formula is C19H20BrNO5. The highest BCUT2D eigenvalue weighted by molar-refractivity contribution is 9.12. The van der Waals surface area contributed by atoms with Gasteiger partial charge in [0.25, 0.3) is 0 Å². The molecule has 0 radical (unpaired) electrons. The summed E-state index contributed by atoms with van der Waals surface area (Å²) in [5, 5.41) is 0. The molecule has 2 aromatic rings. The van der Waals surface area contributed by atoms with Crippen LogP contribution in [0.5, 0.6) is 23.0 Å². The van der Waals surface area contributed by atoms with E-state index in [2.05, 4.69) is 15.9 Å². The van der Waals surface area contributed by atoms with E-state index in [-0.39, 0.29) is 5.78 Å². The molecule has 7 heteroatoms. The SMILES string of the molecule is COc1cc(C(=O)/C(Br)=C\c2ccc(OC)c(OC)c2OC)ccc1N. The Morgan fingerprint density at radius 1 is 0.923 bits per heavy atom.